The van der Waals surface area contributed by atoms with Gasteiger partial charge in [0.1, 0.15) is 11.6 Å². The van der Waals surface area contributed by atoms with Crippen molar-refractivity contribution in [2.24, 2.45) is 12.8 Å². The lowest BCUT2D eigenvalue weighted by Crippen LogP contribution is -2.36. The molecule has 0 aliphatic heterocycles. The van der Waals surface area contributed by atoms with Gasteiger partial charge in [0, 0.05) is 37.4 Å². The monoisotopic (exact) mass is 275 g/mol. The van der Waals surface area contributed by atoms with E-state index in [0.717, 1.165) is 43.3 Å². The van der Waals surface area contributed by atoms with Gasteiger partial charge in [0.05, 0.1) is 6.54 Å². The molecule has 0 bridgehead atoms. The summed E-state index contributed by atoms with van der Waals surface area (Å²) >= 11 is 0. The van der Waals surface area contributed by atoms with Crippen molar-refractivity contribution in [3.05, 3.63) is 29.6 Å². The Balaban J connectivity index is 1.62. The van der Waals surface area contributed by atoms with Gasteiger partial charge in [-0.25, -0.2) is 0 Å². The van der Waals surface area contributed by atoms with Crippen molar-refractivity contribution in [1.82, 2.24) is 29.9 Å². The normalized spacial score (nSPS) is 22.2. The van der Waals surface area contributed by atoms with Gasteiger partial charge in [0.25, 0.3) is 0 Å². The number of H-pyrrole nitrogens is 1. The summed E-state index contributed by atoms with van der Waals surface area (Å²) < 4.78 is 2.11. The molecule has 108 valence electrons. The molecule has 0 spiro atoms. The van der Waals surface area contributed by atoms with Crippen molar-refractivity contribution < 1.29 is 0 Å². The minimum atomic E-state index is 0.336. The largest absolute Gasteiger partial charge is 0.328 e. The van der Waals surface area contributed by atoms with Crippen molar-refractivity contribution in [3.63, 3.8) is 0 Å². The van der Waals surface area contributed by atoms with E-state index in [1.165, 1.54) is 0 Å². The van der Waals surface area contributed by atoms with Crippen LogP contribution in [0.2, 0.25) is 0 Å². The van der Waals surface area contributed by atoms with Crippen LogP contribution in [0, 0.1) is 0 Å². The van der Waals surface area contributed by atoms with Crippen molar-refractivity contribution in [2.75, 3.05) is 7.05 Å². The predicted octanol–water partition coefficient (Wildman–Crippen LogP) is 0.375. The van der Waals surface area contributed by atoms with Gasteiger partial charge in [0.15, 0.2) is 0 Å². The summed E-state index contributed by atoms with van der Waals surface area (Å²) in [5.74, 6) is 2.54. The van der Waals surface area contributed by atoms with Crippen molar-refractivity contribution >= 4 is 0 Å². The van der Waals surface area contributed by atoms with Crippen LogP contribution in [0.3, 0.4) is 0 Å². The molecule has 20 heavy (non-hydrogen) atoms. The smallest absolute Gasteiger partial charge is 0.146 e. The first kappa shape index (κ1) is 13.3. The summed E-state index contributed by atoms with van der Waals surface area (Å²) in [5, 5.41) is 15.6. The molecular formula is C13H21N7. The molecule has 7 heteroatoms. The Hall–Kier alpha value is -1.73. The average Bonchev–Trinajstić information content (AvgIpc) is 2.98. The zero-order valence-electron chi connectivity index (χ0n) is 12.0. The second-order valence-electron chi connectivity index (χ2n) is 5.72. The zero-order valence-corrected chi connectivity index (χ0v) is 12.0. The molecule has 0 aromatic carbocycles. The molecule has 2 aromatic rings. The molecule has 0 radical (unpaired) electrons. The highest BCUT2D eigenvalue weighted by Crippen LogP contribution is 2.34. The molecule has 0 unspecified atom stereocenters. The van der Waals surface area contributed by atoms with Gasteiger partial charge in [-0.3, -0.25) is 10.00 Å². The SMILES string of the molecule is CN(Cc1ccn[nH]1)Cc1nnc(C2CC(N)C2)n1C. The van der Waals surface area contributed by atoms with E-state index in [1.807, 2.05) is 13.1 Å². The van der Waals surface area contributed by atoms with Crippen LogP contribution in [-0.4, -0.2) is 43.0 Å². The summed E-state index contributed by atoms with van der Waals surface area (Å²) in [7, 11) is 4.10. The third-order valence-corrected chi connectivity index (χ3v) is 3.95. The summed E-state index contributed by atoms with van der Waals surface area (Å²) in [6.45, 7) is 1.58. The molecule has 0 saturated heterocycles. The van der Waals surface area contributed by atoms with E-state index >= 15 is 0 Å². The molecule has 7 nitrogen and oxygen atoms in total. The molecule has 1 aliphatic rings. The number of hydrogen-bond acceptors (Lipinski definition) is 5. The number of hydrogen-bond donors (Lipinski definition) is 2. The van der Waals surface area contributed by atoms with E-state index in [0.29, 0.717) is 12.0 Å². The quantitative estimate of drug-likeness (QED) is 0.823. The van der Waals surface area contributed by atoms with E-state index < -0.39 is 0 Å². The fourth-order valence-electron chi connectivity index (χ4n) is 2.70. The highest BCUT2D eigenvalue weighted by molar-refractivity contribution is 5.08. The van der Waals surface area contributed by atoms with E-state index in [1.54, 1.807) is 6.20 Å². The Morgan fingerprint density at radius 2 is 2.20 bits per heavy atom. The molecule has 3 N–H and O–H groups in total. The first-order valence-corrected chi connectivity index (χ1v) is 6.94. The highest BCUT2D eigenvalue weighted by Gasteiger charge is 2.31. The van der Waals surface area contributed by atoms with Gasteiger partial charge < -0.3 is 10.3 Å². The number of nitrogens with one attached hydrogen (secondary N) is 1. The maximum absolute atomic E-state index is 5.84. The number of nitrogens with zero attached hydrogens (tertiary/aromatic N) is 5. The molecule has 3 rings (SSSR count). The second kappa shape index (κ2) is 5.34. The Morgan fingerprint density at radius 1 is 1.40 bits per heavy atom. The predicted molar refractivity (Wildman–Crippen MR) is 74.7 cm³/mol. The Kier molecular flexibility index (Phi) is 3.54. The Bertz CT molecular complexity index is 553. The minimum Gasteiger partial charge on any atom is -0.328 e. The Labute approximate surface area is 118 Å². The molecule has 0 atom stereocenters. The first-order chi connectivity index (χ1) is 9.63. The maximum Gasteiger partial charge on any atom is 0.146 e. The van der Waals surface area contributed by atoms with Crippen LogP contribution in [0.1, 0.15) is 36.1 Å². The van der Waals surface area contributed by atoms with Crippen LogP contribution in [0.15, 0.2) is 12.3 Å². The van der Waals surface area contributed by atoms with E-state index in [4.69, 9.17) is 5.73 Å². The van der Waals surface area contributed by atoms with Gasteiger partial charge in [0.2, 0.25) is 0 Å². The van der Waals surface area contributed by atoms with Gasteiger partial charge in [-0.15, -0.1) is 10.2 Å². The number of aromatic nitrogens is 5. The third kappa shape index (κ3) is 2.59. The van der Waals surface area contributed by atoms with Crippen molar-refractivity contribution in [2.45, 2.75) is 37.9 Å². The van der Waals surface area contributed by atoms with E-state index in [9.17, 15) is 0 Å². The third-order valence-electron chi connectivity index (χ3n) is 3.95. The standard InChI is InChI=1S/C13H21N7/c1-19(7-11-3-4-15-16-11)8-12-17-18-13(20(12)2)9-5-10(14)6-9/h3-4,9-10H,5-8,14H2,1-2H3,(H,15,16). The molecular weight excluding hydrogens is 254 g/mol. The van der Waals surface area contributed by atoms with Crippen LogP contribution < -0.4 is 5.73 Å². The van der Waals surface area contributed by atoms with Crippen LogP contribution in [0.4, 0.5) is 0 Å². The highest BCUT2D eigenvalue weighted by atomic mass is 15.3. The molecule has 1 fully saturated rings. The van der Waals surface area contributed by atoms with E-state index in [2.05, 4.69) is 36.9 Å². The minimum absolute atomic E-state index is 0.336. The summed E-state index contributed by atoms with van der Waals surface area (Å²) in [6, 6.07) is 2.32. The number of nitrogens with two attached hydrogens (primary N) is 1. The molecule has 2 heterocycles. The van der Waals surface area contributed by atoms with Crippen molar-refractivity contribution in [1.29, 1.82) is 0 Å². The lowest BCUT2D eigenvalue weighted by Gasteiger charge is -2.31. The lowest BCUT2D eigenvalue weighted by atomic mass is 9.80. The lowest BCUT2D eigenvalue weighted by molar-refractivity contribution is 0.299. The van der Waals surface area contributed by atoms with Gasteiger partial charge in [-0.1, -0.05) is 0 Å². The summed E-state index contributed by atoms with van der Waals surface area (Å²) in [5.41, 5.74) is 6.94. The molecule has 0 amide bonds. The number of aromatic amines is 1. The molecule has 2 aromatic heterocycles. The Morgan fingerprint density at radius 3 is 2.85 bits per heavy atom. The van der Waals surface area contributed by atoms with Crippen LogP contribution in [0.25, 0.3) is 0 Å². The topological polar surface area (TPSA) is 88.7 Å². The average molecular weight is 275 g/mol. The fraction of sp³-hybridized carbons (Fsp3) is 0.615. The number of rotatable bonds is 5. The van der Waals surface area contributed by atoms with E-state index in [-0.39, 0.29) is 0 Å². The van der Waals surface area contributed by atoms with Gasteiger partial charge in [-0.2, -0.15) is 5.10 Å². The second-order valence-corrected chi connectivity index (χ2v) is 5.72. The van der Waals surface area contributed by atoms with Crippen molar-refractivity contribution in [3.8, 4) is 0 Å². The first-order valence-electron chi connectivity index (χ1n) is 6.94. The summed E-state index contributed by atoms with van der Waals surface area (Å²) in [4.78, 5) is 2.19. The summed E-state index contributed by atoms with van der Waals surface area (Å²) in [6.07, 6.45) is 3.81. The van der Waals surface area contributed by atoms with Gasteiger partial charge in [-0.05, 0) is 26.0 Å². The van der Waals surface area contributed by atoms with Crippen LogP contribution in [0.5, 0.6) is 0 Å². The maximum atomic E-state index is 5.84. The van der Waals surface area contributed by atoms with Crippen LogP contribution >= 0.6 is 0 Å². The van der Waals surface area contributed by atoms with Gasteiger partial charge >= 0.3 is 0 Å². The van der Waals surface area contributed by atoms with Crippen LogP contribution in [-0.2, 0) is 20.1 Å². The molecule has 1 aliphatic carbocycles. The zero-order chi connectivity index (χ0) is 14.1. The fourth-order valence-corrected chi connectivity index (χ4v) is 2.70. The molecule has 1 saturated carbocycles.